The molecule has 0 spiro atoms. The van der Waals surface area contributed by atoms with Gasteiger partial charge in [0.25, 0.3) is 11.5 Å². The van der Waals surface area contributed by atoms with E-state index in [1.54, 1.807) is 11.1 Å². The number of piperazine rings is 1. The van der Waals surface area contributed by atoms with E-state index in [1.165, 1.54) is 0 Å². The Kier molecular flexibility index (Phi) is 4.46. The monoisotopic (exact) mass is 376 g/mol. The lowest BCUT2D eigenvalue weighted by Crippen LogP contribution is -2.49. The van der Waals surface area contributed by atoms with Gasteiger partial charge < -0.3 is 9.88 Å². The van der Waals surface area contributed by atoms with Gasteiger partial charge in [-0.3, -0.25) is 19.5 Å². The fourth-order valence-corrected chi connectivity index (χ4v) is 3.60. The van der Waals surface area contributed by atoms with Crippen LogP contribution in [-0.2, 0) is 17.8 Å². The maximum Gasteiger partial charge on any atom is 0.260 e. The van der Waals surface area contributed by atoms with Crippen molar-refractivity contribution in [1.82, 2.24) is 19.8 Å². The molecule has 0 bridgehead atoms. The largest absolute Gasteiger partial charge is 0.340 e. The highest BCUT2D eigenvalue weighted by molar-refractivity contribution is 5.83. The van der Waals surface area contributed by atoms with Crippen molar-refractivity contribution in [2.75, 3.05) is 26.2 Å². The fourth-order valence-electron chi connectivity index (χ4n) is 3.60. The van der Waals surface area contributed by atoms with Gasteiger partial charge in [0.1, 0.15) is 5.92 Å². The number of halogens is 2. The van der Waals surface area contributed by atoms with Crippen molar-refractivity contribution in [2.45, 2.75) is 32.2 Å². The quantitative estimate of drug-likeness (QED) is 0.883. The molecule has 144 valence electrons. The number of amides is 1. The van der Waals surface area contributed by atoms with E-state index in [-0.39, 0.29) is 12.0 Å². The Balaban J connectivity index is 1.39. The summed E-state index contributed by atoms with van der Waals surface area (Å²) in [6, 6.07) is 3.74. The minimum atomic E-state index is -2.81. The second-order valence-electron chi connectivity index (χ2n) is 7.37. The molecule has 0 aromatic carbocycles. The number of carbonyl (C=O) groups excluding carboxylic acids is 1. The third-order valence-corrected chi connectivity index (χ3v) is 5.42. The second kappa shape index (κ2) is 6.67. The van der Waals surface area contributed by atoms with Gasteiger partial charge in [0, 0.05) is 50.9 Å². The Hall–Kier alpha value is -2.35. The van der Waals surface area contributed by atoms with Gasteiger partial charge in [0.2, 0.25) is 5.91 Å². The summed E-state index contributed by atoms with van der Waals surface area (Å²) in [7, 11) is 0. The van der Waals surface area contributed by atoms with Crippen LogP contribution in [-0.4, -0.2) is 57.8 Å². The average Bonchev–Trinajstić information content (AvgIpc) is 3.29. The van der Waals surface area contributed by atoms with E-state index in [0.717, 1.165) is 11.1 Å². The van der Waals surface area contributed by atoms with Gasteiger partial charge >= 0.3 is 0 Å². The summed E-state index contributed by atoms with van der Waals surface area (Å²) in [5.74, 6) is -4.34. The number of alkyl halides is 2. The van der Waals surface area contributed by atoms with E-state index in [4.69, 9.17) is 0 Å². The number of fused-ring (bicyclic) bond motifs is 1. The first-order valence-electron chi connectivity index (χ1n) is 9.27. The number of aromatic amines is 1. The van der Waals surface area contributed by atoms with Crippen molar-refractivity contribution in [1.29, 1.82) is 0 Å². The minimum Gasteiger partial charge on any atom is -0.340 e. The van der Waals surface area contributed by atoms with Crippen LogP contribution in [0.15, 0.2) is 23.1 Å². The number of rotatable bonds is 4. The van der Waals surface area contributed by atoms with Crippen LogP contribution in [0.1, 0.15) is 24.5 Å². The molecule has 27 heavy (non-hydrogen) atoms. The van der Waals surface area contributed by atoms with Gasteiger partial charge in [-0.25, -0.2) is 8.78 Å². The summed E-state index contributed by atoms with van der Waals surface area (Å²) < 4.78 is 26.2. The van der Waals surface area contributed by atoms with E-state index >= 15 is 0 Å². The predicted octanol–water partition coefficient (Wildman–Crippen LogP) is 1.78. The third kappa shape index (κ3) is 3.58. The highest BCUT2D eigenvalue weighted by Crippen LogP contribution is 2.49. The van der Waals surface area contributed by atoms with Crippen molar-refractivity contribution in [3.63, 3.8) is 0 Å². The van der Waals surface area contributed by atoms with Gasteiger partial charge in [-0.2, -0.15) is 0 Å². The molecule has 1 saturated heterocycles. The topological polar surface area (TPSA) is 69.3 Å². The summed E-state index contributed by atoms with van der Waals surface area (Å²) in [6.45, 7) is 4.76. The number of aryl methyl sites for hydroxylation is 1. The lowest BCUT2D eigenvalue weighted by atomic mass is 10.1. The maximum absolute atomic E-state index is 13.1. The number of hydrogen-bond donors (Lipinski definition) is 1. The molecule has 8 heteroatoms. The van der Waals surface area contributed by atoms with Crippen molar-refractivity contribution < 1.29 is 13.6 Å². The predicted molar refractivity (Wildman–Crippen MR) is 96.7 cm³/mol. The fraction of sp³-hybridized carbons (Fsp3) is 0.526. The zero-order valence-corrected chi connectivity index (χ0v) is 15.2. The molecule has 3 heterocycles. The third-order valence-electron chi connectivity index (χ3n) is 5.42. The summed E-state index contributed by atoms with van der Waals surface area (Å²) in [4.78, 5) is 35.1. The zero-order valence-electron chi connectivity index (χ0n) is 15.2. The van der Waals surface area contributed by atoms with Crippen molar-refractivity contribution in [3.8, 4) is 0 Å². The molecule has 1 saturated carbocycles. The highest BCUT2D eigenvalue weighted by atomic mass is 19.3. The number of nitrogens with zero attached hydrogens (tertiary/aromatic N) is 3. The molecule has 6 nitrogen and oxygen atoms in total. The molecule has 1 N–H and O–H groups in total. The Morgan fingerprint density at radius 1 is 1.30 bits per heavy atom. The van der Waals surface area contributed by atoms with Gasteiger partial charge in [-0.05, 0) is 24.1 Å². The average molecular weight is 376 g/mol. The van der Waals surface area contributed by atoms with Crippen LogP contribution in [0, 0.1) is 5.92 Å². The van der Waals surface area contributed by atoms with Crippen LogP contribution in [0.4, 0.5) is 8.78 Å². The van der Waals surface area contributed by atoms with Crippen LogP contribution in [0.3, 0.4) is 0 Å². The molecule has 1 aliphatic heterocycles. The molecule has 2 aliphatic rings. The standard InChI is InChI=1S/C19H22F2N4O2/c1-2-13-8-15-16(23-17(13)26)7-12(10-22-15)11-24-3-5-25(6-4-24)18(27)14-9-19(14,20)21/h7-8,10,14H,2-6,9,11H2,1H3,(H,23,26)/t14-/m1/s1. The van der Waals surface area contributed by atoms with E-state index in [0.29, 0.717) is 50.2 Å². The SMILES string of the molecule is CCc1cc2ncc(CN3CCN(C(=O)[C@H]4CC4(F)F)CC3)cc2[nH]c1=O. The number of nitrogens with one attached hydrogen (secondary N) is 1. The molecule has 2 fully saturated rings. The van der Waals surface area contributed by atoms with E-state index in [9.17, 15) is 18.4 Å². The van der Waals surface area contributed by atoms with Gasteiger partial charge in [0.15, 0.2) is 0 Å². The van der Waals surface area contributed by atoms with Gasteiger partial charge in [0.05, 0.1) is 11.0 Å². The lowest BCUT2D eigenvalue weighted by Gasteiger charge is -2.34. The van der Waals surface area contributed by atoms with Crippen molar-refractivity contribution >= 4 is 16.9 Å². The highest BCUT2D eigenvalue weighted by Gasteiger charge is 2.62. The summed E-state index contributed by atoms with van der Waals surface area (Å²) in [5.41, 5.74) is 3.06. The maximum atomic E-state index is 13.1. The second-order valence-corrected chi connectivity index (χ2v) is 7.37. The molecule has 0 unspecified atom stereocenters. The van der Waals surface area contributed by atoms with E-state index < -0.39 is 17.7 Å². The Labute approximate surface area is 155 Å². The molecule has 1 amide bonds. The lowest BCUT2D eigenvalue weighted by molar-refractivity contribution is -0.136. The molecule has 1 atom stereocenters. The Morgan fingerprint density at radius 2 is 2.00 bits per heavy atom. The van der Waals surface area contributed by atoms with Gasteiger partial charge in [-0.15, -0.1) is 0 Å². The van der Waals surface area contributed by atoms with Crippen molar-refractivity contribution in [3.05, 3.63) is 39.8 Å². The molecular weight excluding hydrogens is 354 g/mol. The van der Waals surface area contributed by atoms with E-state index in [2.05, 4.69) is 14.9 Å². The Bertz CT molecular complexity index is 935. The normalized spacial score (nSPS) is 22.2. The number of hydrogen-bond acceptors (Lipinski definition) is 4. The molecule has 4 rings (SSSR count). The van der Waals surface area contributed by atoms with Crippen LogP contribution >= 0.6 is 0 Å². The first-order chi connectivity index (χ1) is 12.9. The van der Waals surface area contributed by atoms with Crippen molar-refractivity contribution in [2.24, 2.45) is 5.92 Å². The molecular formula is C19H22F2N4O2. The Morgan fingerprint density at radius 3 is 2.63 bits per heavy atom. The summed E-state index contributed by atoms with van der Waals surface area (Å²) in [5, 5.41) is 0. The number of aromatic nitrogens is 2. The van der Waals surface area contributed by atoms with Crippen LogP contribution < -0.4 is 5.56 Å². The molecule has 2 aromatic rings. The van der Waals surface area contributed by atoms with Crippen LogP contribution in [0.25, 0.3) is 11.0 Å². The van der Waals surface area contributed by atoms with Crippen LogP contribution in [0.2, 0.25) is 0 Å². The molecule has 1 aliphatic carbocycles. The van der Waals surface area contributed by atoms with Gasteiger partial charge in [-0.1, -0.05) is 6.92 Å². The minimum absolute atomic E-state index is 0.0899. The number of carbonyl (C=O) groups is 1. The van der Waals surface area contributed by atoms with Crippen LogP contribution in [0.5, 0.6) is 0 Å². The first-order valence-corrected chi connectivity index (χ1v) is 9.27. The smallest absolute Gasteiger partial charge is 0.260 e. The number of pyridine rings is 2. The zero-order chi connectivity index (χ0) is 19.2. The summed E-state index contributed by atoms with van der Waals surface area (Å²) in [6.07, 6.45) is 2.14. The first kappa shape index (κ1) is 18.0. The van der Waals surface area contributed by atoms with E-state index in [1.807, 2.05) is 19.1 Å². The number of H-pyrrole nitrogens is 1. The summed E-state index contributed by atoms with van der Waals surface area (Å²) >= 11 is 0. The molecule has 0 radical (unpaired) electrons. The molecule has 2 aromatic heterocycles.